The van der Waals surface area contributed by atoms with Gasteiger partial charge in [0.2, 0.25) is 11.8 Å². The maximum atomic E-state index is 13.3. The lowest BCUT2D eigenvalue weighted by Crippen LogP contribution is -2.44. The highest BCUT2D eigenvalue weighted by molar-refractivity contribution is 6.06. The van der Waals surface area contributed by atoms with Crippen LogP contribution in [0, 0.1) is 41.4 Å². The summed E-state index contributed by atoms with van der Waals surface area (Å²) in [6.45, 7) is -0.257. The van der Waals surface area contributed by atoms with Crippen molar-refractivity contribution >= 4 is 23.6 Å². The van der Waals surface area contributed by atoms with E-state index in [4.69, 9.17) is 4.74 Å². The number of ether oxygens (including phenoxy) is 1. The number of carbonyl (C=O) groups excluding carboxylic acids is 4. The number of allylic oxidation sites excluding steroid dienone is 2. The number of Topliss-reactive ketones (excluding diaryl/α,β-unsaturated/α-hetero) is 1. The molecule has 5 aliphatic carbocycles. The van der Waals surface area contributed by atoms with Gasteiger partial charge in [0.15, 0.2) is 12.4 Å². The molecule has 1 aliphatic heterocycles. The standard InChI is InChI=1S/C26H27NO5/c28-21(14-4-2-1-3-5-14)13-32-26(31)15-6-8-16(9-7-15)27-24(29)22-17-10-11-18(20-12-19(17)20)23(22)25(27)30/h1-5,10-11,15-20,22-23H,6-9,12-13H2/t15?,16?,17-,18-,19-,20+,22+,23+/m0/s1. The van der Waals surface area contributed by atoms with E-state index in [1.54, 1.807) is 29.2 Å². The molecule has 32 heavy (non-hydrogen) atoms. The molecule has 2 bridgehead atoms. The predicted molar refractivity (Wildman–Crippen MR) is 114 cm³/mol. The quantitative estimate of drug-likeness (QED) is 0.309. The number of amides is 2. The van der Waals surface area contributed by atoms with Crippen molar-refractivity contribution in [2.45, 2.75) is 38.1 Å². The minimum atomic E-state index is -0.359. The molecule has 0 unspecified atom stereocenters. The van der Waals surface area contributed by atoms with E-state index in [1.807, 2.05) is 6.07 Å². The van der Waals surface area contributed by atoms with Gasteiger partial charge in [-0.05, 0) is 55.8 Å². The summed E-state index contributed by atoms with van der Waals surface area (Å²) in [5.41, 5.74) is 0.526. The van der Waals surface area contributed by atoms with Gasteiger partial charge in [0.25, 0.3) is 0 Å². The van der Waals surface area contributed by atoms with Crippen LogP contribution in [0.5, 0.6) is 0 Å². The van der Waals surface area contributed by atoms with Crippen LogP contribution in [-0.4, -0.2) is 41.1 Å². The van der Waals surface area contributed by atoms with Crippen LogP contribution in [0.15, 0.2) is 42.5 Å². The second-order valence-electron chi connectivity index (χ2n) is 10.1. The first-order valence-electron chi connectivity index (χ1n) is 11.8. The van der Waals surface area contributed by atoms with Gasteiger partial charge < -0.3 is 4.74 Å². The Bertz CT molecular complexity index is 972. The summed E-state index contributed by atoms with van der Waals surface area (Å²) in [7, 11) is 0. The molecule has 6 aliphatic rings. The van der Waals surface area contributed by atoms with E-state index in [1.165, 1.54) is 0 Å². The van der Waals surface area contributed by atoms with Crippen LogP contribution in [0.25, 0.3) is 0 Å². The molecular formula is C26H27NO5. The summed E-state index contributed by atoms with van der Waals surface area (Å²) >= 11 is 0. The largest absolute Gasteiger partial charge is 0.457 e. The second kappa shape index (κ2) is 7.39. The first kappa shape index (κ1) is 19.9. The number of carbonyl (C=O) groups is 4. The molecule has 0 radical (unpaired) electrons. The number of benzene rings is 1. The number of hydrogen-bond acceptors (Lipinski definition) is 5. The van der Waals surface area contributed by atoms with Crippen molar-refractivity contribution in [1.82, 2.24) is 4.90 Å². The molecule has 1 heterocycles. The van der Waals surface area contributed by atoms with Crippen molar-refractivity contribution in [2.75, 3.05) is 6.61 Å². The summed E-state index contributed by atoms with van der Waals surface area (Å²) in [5.74, 6) is 0.547. The van der Waals surface area contributed by atoms with Gasteiger partial charge in [0, 0.05) is 11.6 Å². The van der Waals surface area contributed by atoms with E-state index >= 15 is 0 Å². The number of hydrogen-bond donors (Lipinski definition) is 0. The Morgan fingerprint density at radius 1 is 0.875 bits per heavy atom. The third-order valence-corrected chi connectivity index (χ3v) is 8.53. The molecule has 2 amide bonds. The summed E-state index contributed by atoms with van der Waals surface area (Å²) < 4.78 is 5.29. The maximum absolute atomic E-state index is 13.3. The average Bonchev–Trinajstić information content (AvgIpc) is 3.61. The number of nitrogens with zero attached hydrogens (tertiary/aromatic N) is 1. The minimum absolute atomic E-state index is 0.0178. The van der Waals surface area contributed by atoms with Gasteiger partial charge in [0.1, 0.15) is 0 Å². The summed E-state index contributed by atoms with van der Waals surface area (Å²) in [6, 6.07) is 8.67. The second-order valence-corrected chi connectivity index (χ2v) is 10.1. The first-order chi connectivity index (χ1) is 15.5. The van der Waals surface area contributed by atoms with Gasteiger partial charge in [-0.2, -0.15) is 0 Å². The zero-order valence-corrected chi connectivity index (χ0v) is 17.9. The van der Waals surface area contributed by atoms with Crippen molar-refractivity contribution < 1.29 is 23.9 Å². The van der Waals surface area contributed by atoms with Crippen molar-refractivity contribution in [3.8, 4) is 0 Å². The molecule has 4 fully saturated rings. The molecule has 166 valence electrons. The molecule has 0 aromatic heterocycles. The fraction of sp³-hybridized carbons (Fsp3) is 0.538. The molecule has 0 N–H and O–H groups in total. The van der Waals surface area contributed by atoms with Crippen LogP contribution in [0.3, 0.4) is 0 Å². The van der Waals surface area contributed by atoms with Crippen LogP contribution < -0.4 is 0 Å². The summed E-state index contributed by atoms with van der Waals surface area (Å²) in [5, 5.41) is 0. The van der Waals surface area contributed by atoms with E-state index in [0.29, 0.717) is 43.1 Å². The van der Waals surface area contributed by atoms with Crippen LogP contribution in [-0.2, 0) is 19.1 Å². The zero-order valence-electron chi connectivity index (χ0n) is 17.9. The lowest BCUT2D eigenvalue weighted by atomic mass is 9.63. The normalized spacial score (nSPS) is 38.9. The van der Waals surface area contributed by atoms with Crippen LogP contribution in [0.4, 0.5) is 0 Å². The highest BCUT2D eigenvalue weighted by atomic mass is 16.5. The highest BCUT2D eigenvalue weighted by Crippen LogP contribution is 2.65. The van der Waals surface area contributed by atoms with Gasteiger partial charge in [-0.3, -0.25) is 24.1 Å². The van der Waals surface area contributed by atoms with E-state index in [-0.39, 0.29) is 65.8 Å². The first-order valence-corrected chi connectivity index (χ1v) is 11.8. The Balaban J connectivity index is 1.05. The van der Waals surface area contributed by atoms with Crippen LogP contribution in [0.2, 0.25) is 0 Å². The Morgan fingerprint density at radius 3 is 2.06 bits per heavy atom. The van der Waals surface area contributed by atoms with E-state index < -0.39 is 0 Å². The lowest BCUT2D eigenvalue weighted by Gasteiger charge is -2.37. The van der Waals surface area contributed by atoms with Crippen LogP contribution >= 0.6 is 0 Å². The van der Waals surface area contributed by atoms with Gasteiger partial charge >= 0.3 is 5.97 Å². The number of ketones is 1. The van der Waals surface area contributed by atoms with Crippen LogP contribution in [0.1, 0.15) is 42.5 Å². The Labute approximate surface area is 187 Å². The third kappa shape index (κ3) is 2.99. The average molecular weight is 434 g/mol. The molecule has 1 aromatic rings. The Morgan fingerprint density at radius 2 is 1.47 bits per heavy atom. The monoisotopic (exact) mass is 433 g/mol. The summed E-state index contributed by atoms with van der Waals surface area (Å²) in [4.78, 5) is 52.8. The van der Waals surface area contributed by atoms with Crippen molar-refractivity contribution in [1.29, 1.82) is 0 Å². The molecule has 6 heteroatoms. The molecule has 6 atom stereocenters. The third-order valence-electron chi connectivity index (χ3n) is 8.53. The zero-order chi connectivity index (χ0) is 22.0. The number of esters is 1. The van der Waals surface area contributed by atoms with Crippen molar-refractivity contribution in [2.24, 2.45) is 41.4 Å². The van der Waals surface area contributed by atoms with E-state index in [2.05, 4.69) is 12.2 Å². The van der Waals surface area contributed by atoms with Crippen molar-refractivity contribution in [3.05, 3.63) is 48.0 Å². The number of imide groups is 1. The highest BCUT2D eigenvalue weighted by Gasteiger charge is 2.67. The molecule has 1 aromatic carbocycles. The predicted octanol–water partition coefficient (Wildman–Crippen LogP) is 3.02. The number of likely N-dealkylation sites (tertiary alicyclic amines) is 1. The van der Waals surface area contributed by atoms with Gasteiger partial charge in [-0.15, -0.1) is 0 Å². The molecule has 3 saturated carbocycles. The van der Waals surface area contributed by atoms with Gasteiger partial charge in [0.05, 0.1) is 17.8 Å². The van der Waals surface area contributed by atoms with E-state index in [9.17, 15) is 19.2 Å². The Hall–Kier alpha value is -2.76. The topological polar surface area (TPSA) is 80.8 Å². The molecule has 0 spiro atoms. The minimum Gasteiger partial charge on any atom is -0.457 e. The van der Waals surface area contributed by atoms with Gasteiger partial charge in [-0.1, -0.05) is 42.5 Å². The fourth-order valence-electron chi connectivity index (χ4n) is 6.87. The van der Waals surface area contributed by atoms with E-state index in [0.717, 1.165) is 6.42 Å². The maximum Gasteiger partial charge on any atom is 0.309 e. The van der Waals surface area contributed by atoms with Crippen molar-refractivity contribution in [3.63, 3.8) is 0 Å². The smallest absolute Gasteiger partial charge is 0.309 e. The molecule has 6 nitrogen and oxygen atoms in total. The lowest BCUT2D eigenvalue weighted by molar-refractivity contribution is -0.149. The molecule has 7 rings (SSSR count). The number of rotatable bonds is 5. The Kier molecular flexibility index (Phi) is 4.60. The van der Waals surface area contributed by atoms with Gasteiger partial charge in [-0.25, -0.2) is 0 Å². The molecule has 1 saturated heterocycles. The summed E-state index contributed by atoms with van der Waals surface area (Å²) in [6.07, 6.45) is 7.95. The SMILES string of the molecule is O=C(COC(=O)C1CCC(N2C(=O)[C@@H]3[C@H]4C=C[C@@H]([C@@H]5C[C@H]45)[C@H]3C2=O)CC1)c1ccccc1. The fourth-order valence-corrected chi connectivity index (χ4v) is 6.87. The molecular weight excluding hydrogens is 406 g/mol.